The minimum atomic E-state index is 0.212. The third-order valence-electron chi connectivity index (χ3n) is 7.87. The van der Waals surface area contributed by atoms with Crippen molar-refractivity contribution in [1.82, 2.24) is 0 Å². The number of rotatable bonds is 5. The van der Waals surface area contributed by atoms with Gasteiger partial charge >= 0.3 is 0 Å². The number of anilines is 3. The van der Waals surface area contributed by atoms with Crippen LogP contribution in [0.5, 0.6) is 0 Å². The number of para-hydroxylation sites is 1. The van der Waals surface area contributed by atoms with Crippen LogP contribution in [0.4, 0.5) is 17.1 Å². The molecule has 1 nitrogen and oxygen atoms in total. The first-order valence-corrected chi connectivity index (χ1v) is 14.9. The van der Waals surface area contributed by atoms with Crippen LogP contribution in [0, 0.1) is 0 Å². The van der Waals surface area contributed by atoms with Crippen molar-refractivity contribution in [2.75, 3.05) is 4.90 Å². The Hall–Kier alpha value is -5.18. The molecule has 2 heteroatoms. The van der Waals surface area contributed by atoms with E-state index < -0.39 is 0 Å². The first-order valence-electron chi connectivity index (χ1n) is 15.1. The SMILES string of the molecule is [2H]/C(=C(/[2H])c1cccc2c1sc1ccccc12)c1ccc(N(c2ccccc2)c2cc3ccccc3c3ccccc23)cc1. The number of benzene rings is 7. The lowest BCUT2D eigenvalue weighted by Crippen LogP contribution is -2.10. The molecule has 0 aliphatic carbocycles. The molecule has 8 aromatic rings. The highest BCUT2D eigenvalue weighted by Crippen LogP contribution is 2.42. The summed E-state index contributed by atoms with van der Waals surface area (Å²) >= 11 is 1.69. The number of thiophene rings is 1. The molecule has 0 saturated heterocycles. The van der Waals surface area contributed by atoms with Crippen LogP contribution in [0.1, 0.15) is 13.9 Å². The first kappa shape index (κ1) is 22.5. The maximum Gasteiger partial charge on any atom is 0.0630 e. The van der Waals surface area contributed by atoms with Crippen LogP contribution in [0.2, 0.25) is 0 Å². The standard InChI is InChI=1S/C40H27NS/c1-2-13-31(14-3-1)41(38-27-30-11-4-5-15-33(30)34-16-6-7-17-35(34)38)32-25-22-28(23-26-32)21-24-29-12-10-19-37-36-18-8-9-20-39(36)42-40(29)37/h1-27H/b24-21+/i21D,24D. The zero-order chi connectivity index (χ0) is 29.6. The summed E-state index contributed by atoms with van der Waals surface area (Å²) in [4.78, 5) is 2.28. The molecule has 0 atom stereocenters. The number of fused-ring (bicyclic) bond motifs is 6. The van der Waals surface area contributed by atoms with Crippen LogP contribution in [-0.4, -0.2) is 0 Å². The van der Waals surface area contributed by atoms with Gasteiger partial charge in [-0.05, 0) is 63.7 Å². The Kier molecular flexibility index (Phi) is 5.54. The molecule has 0 N–H and O–H groups in total. The Labute approximate surface area is 252 Å². The molecule has 0 unspecified atom stereocenters. The highest BCUT2D eigenvalue weighted by Gasteiger charge is 2.17. The molecular weight excluding hydrogens is 527 g/mol. The van der Waals surface area contributed by atoms with Gasteiger partial charge in [0.15, 0.2) is 0 Å². The third kappa shape index (κ3) is 4.25. The van der Waals surface area contributed by atoms with Gasteiger partial charge in [0.2, 0.25) is 0 Å². The highest BCUT2D eigenvalue weighted by molar-refractivity contribution is 7.26. The zero-order valence-corrected chi connectivity index (χ0v) is 23.6. The van der Waals surface area contributed by atoms with E-state index in [1.807, 2.05) is 36.4 Å². The molecule has 0 amide bonds. The summed E-state index contributed by atoms with van der Waals surface area (Å²) in [7, 11) is 0. The van der Waals surface area contributed by atoms with Crippen molar-refractivity contribution in [2.45, 2.75) is 0 Å². The number of hydrogen-bond donors (Lipinski definition) is 0. The summed E-state index contributed by atoms with van der Waals surface area (Å²) in [6, 6.07) is 52.7. The van der Waals surface area contributed by atoms with Crippen LogP contribution in [0.25, 0.3) is 53.8 Å². The molecule has 0 aliphatic rings. The van der Waals surface area contributed by atoms with E-state index in [1.54, 1.807) is 11.3 Å². The van der Waals surface area contributed by atoms with Crippen molar-refractivity contribution in [3.8, 4) is 0 Å². The Bertz CT molecular complexity index is 2350. The summed E-state index contributed by atoms with van der Waals surface area (Å²) in [5.74, 6) is 0. The van der Waals surface area contributed by atoms with Crippen molar-refractivity contribution >= 4 is 82.2 Å². The van der Waals surface area contributed by atoms with E-state index in [0.717, 1.165) is 32.7 Å². The van der Waals surface area contributed by atoms with Crippen molar-refractivity contribution in [1.29, 1.82) is 0 Å². The van der Waals surface area contributed by atoms with Gasteiger partial charge in [-0.2, -0.15) is 0 Å². The van der Waals surface area contributed by atoms with E-state index in [1.165, 1.54) is 31.6 Å². The fourth-order valence-electron chi connectivity index (χ4n) is 5.90. The second-order valence-electron chi connectivity index (χ2n) is 10.4. The Morgan fingerprint density at radius 1 is 0.500 bits per heavy atom. The van der Waals surface area contributed by atoms with Gasteiger partial charge in [-0.1, -0.05) is 127 Å². The van der Waals surface area contributed by atoms with Crippen molar-refractivity contribution in [3.05, 3.63) is 163 Å². The third-order valence-corrected chi connectivity index (χ3v) is 9.09. The summed E-state index contributed by atoms with van der Waals surface area (Å²) in [5, 5.41) is 7.13. The largest absolute Gasteiger partial charge is 0.310 e. The summed E-state index contributed by atoms with van der Waals surface area (Å²) in [6.07, 6.45) is 0. The Balaban J connectivity index is 1.26. The topological polar surface area (TPSA) is 3.24 Å². The van der Waals surface area contributed by atoms with Crippen molar-refractivity contribution < 1.29 is 2.74 Å². The van der Waals surface area contributed by atoms with E-state index >= 15 is 0 Å². The van der Waals surface area contributed by atoms with Crippen LogP contribution >= 0.6 is 11.3 Å². The maximum atomic E-state index is 9.07. The highest BCUT2D eigenvalue weighted by atomic mass is 32.1. The smallest absolute Gasteiger partial charge is 0.0630 e. The molecule has 1 aromatic heterocycles. The molecule has 1 heterocycles. The summed E-state index contributed by atoms with van der Waals surface area (Å²) in [5.41, 5.74) is 4.66. The summed E-state index contributed by atoms with van der Waals surface area (Å²) < 4.78 is 20.4. The summed E-state index contributed by atoms with van der Waals surface area (Å²) in [6.45, 7) is 0. The second kappa shape index (κ2) is 10.3. The minimum Gasteiger partial charge on any atom is -0.310 e. The van der Waals surface area contributed by atoms with Crippen LogP contribution in [-0.2, 0) is 0 Å². The average molecular weight is 556 g/mol. The normalized spacial score (nSPS) is 12.9. The lowest BCUT2D eigenvalue weighted by Gasteiger charge is -2.27. The van der Waals surface area contributed by atoms with Gasteiger partial charge in [0.1, 0.15) is 0 Å². The van der Waals surface area contributed by atoms with Crippen molar-refractivity contribution in [2.24, 2.45) is 0 Å². The molecule has 0 bridgehead atoms. The van der Waals surface area contributed by atoms with Gasteiger partial charge in [-0.25, -0.2) is 0 Å². The van der Waals surface area contributed by atoms with Crippen LogP contribution in [0.15, 0.2) is 152 Å². The molecule has 8 rings (SSSR count). The van der Waals surface area contributed by atoms with Crippen molar-refractivity contribution in [3.63, 3.8) is 0 Å². The zero-order valence-electron chi connectivity index (χ0n) is 24.8. The van der Waals surface area contributed by atoms with Gasteiger partial charge < -0.3 is 4.90 Å². The van der Waals surface area contributed by atoms with E-state index in [9.17, 15) is 0 Å². The van der Waals surface area contributed by atoms with Crippen LogP contribution < -0.4 is 4.90 Å². The van der Waals surface area contributed by atoms with Gasteiger partial charge in [0.05, 0.1) is 8.43 Å². The monoisotopic (exact) mass is 555 g/mol. The molecule has 0 saturated carbocycles. The predicted molar refractivity (Wildman–Crippen MR) is 184 cm³/mol. The molecule has 0 aliphatic heterocycles. The first-order chi connectivity index (χ1) is 21.7. The Morgan fingerprint density at radius 3 is 1.98 bits per heavy atom. The van der Waals surface area contributed by atoms with Crippen LogP contribution in [0.3, 0.4) is 0 Å². The predicted octanol–water partition coefficient (Wildman–Crippen LogP) is 12.0. The lowest BCUT2D eigenvalue weighted by molar-refractivity contribution is 1.30. The maximum absolute atomic E-state index is 9.07. The lowest BCUT2D eigenvalue weighted by atomic mass is 9.99. The van der Waals surface area contributed by atoms with E-state index in [4.69, 9.17) is 2.74 Å². The number of hydrogen-bond acceptors (Lipinski definition) is 2. The van der Waals surface area contributed by atoms with Gasteiger partial charge in [-0.15, -0.1) is 11.3 Å². The quantitative estimate of drug-likeness (QED) is 0.151. The fraction of sp³-hybridized carbons (Fsp3) is 0. The second-order valence-corrected chi connectivity index (χ2v) is 11.5. The van der Waals surface area contributed by atoms with E-state index in [2.05, 4.69) is 120 Å². The molecule has 42 heavy (non-hydrogen) atoms. The Morgan fingerprint density at radius 2 is 1.14 bits per heavy atom. The molecule has 0 spiro atoms. The molecule has 0 radical (unpaired) electrons. The van der Waals surface area contributed by atoms with Gasteiger partial charge in [0, 0.05) is 36.9 Å². The molecule has 7 aromatic carbocycles. The molecular formula is C40H27NS. The number of nitrogens with zero attached hydrogens (tertiary/aromatic N) is 1. The van der Waals surface area contributed by atoms with E-state index in [-0.39, 0.29) is 12.1 Å². The minimum absolute atomic E-state index is 0.212. The molecule has 198 valence electrons. The molecule has 0 fully saturated rings. The fourth-order valence-corrected chi connectivity index (χ4v) is 7.07. The van der Waals surface area contributed by atoms with Gasteiger partial charge in [-0.3, -0.25) is 0 Å². The van der Waals surface area contributed by atoms with E-state index in [0.29, 0.717) is 5.56 Å². The average Bonchev–Trinajstić information content (AvgIpc) is 3.48. The van der Waals surface area contributed by atoms with Gasteiger partial charge in [0.25, 0.3) is 0 Å².